The molecule has 18 heavy (non-hydrogen) atoms. The number of carboxylic acids is 1. The number of carboxylic acid groups (broad SMARTS) is 1. The van der Waals surface area contributed by atoms with Crippen LogP contribution in [0.2, 0.25) is 0 Å². The molecule has 0 aliphatic heterocycles. The van der Waals surface area contributed by atoms with E-state index >= 15 is 0 Å². The lowest BCUT2D eigenvalue weighted by Crippen LogP contribution is -2.40. The number of hydrogen-bond acceptors (Lipinski definition) is 2. The fraction of sp³-hybridized carbons (Fsp3) is 0.714. The Hall–Kier alpha value is -1.32. The van der Waals surface area contributed by atoms with Crippen LogP contribution in [0.4, 0.5) is 0 Å². The zero-order valence-corrected chi connectivity index (χ0v) is 11.7. The maximum Gasteiger partial charge on any atom is 0.331 e. The van der Waals surface area contributed by atoms with Gasteiger partial charge in [0.25, 0.3) is 0 Å². The summed E-state index contributed by atoms with van der Waals surface area (Å²) in [6, 6.07) is 0.248. The Balaban J connectivity index is 2.77. The van der Waals surface area contributed by atoms with Crippen LogP contribution in [0.3, 0.4) is 0 Å². The maximum absolute atomic E-state index is 12.2. The topological polar surface area (TPSA) is 57.6 Å². The summed E-state index contributed by atoms with van der Waals surface area (Å²) in [5.41, 5.74) is 0.471. The van der Waals surface area contributed by atoms with Crippen molar-refractivity contribution in [2.75, 3.05) is 7.05 Å². The third-order valence-electron chi connectivity index (χ3n) is 3.98. The molecule has 0 aromatic heterocycles. The highest BCUT2D eigenvalue weighted by atomic mass is 16.4. The predicted molar refractivity (Wildman–Crippen MR) is 70.2 cm³/mol. The SMILES string of the molecule is CC(C(=O)O)=C(C)C(=O)N(C)C1CCCC(C)C1. The van der Waals surface area contributed by atoms with Crippen LogP contribution < -0.4 is 0 Å². The molecule has 1 rings (SSSR count). The summed E-state index contributed by atoms with van der Waals surface area (Å²) in [6.07, 6.45) is 4.40. The van der Waals surface area contributed by atoms with Crippen molar-refractivity contribution in [1.82, 2.24) is 4.90 Å². The Labute approximate surface area is 109 Å². The van der Waals surface area contributed by atoms with Gasteiger partial charge in [0, 0.05) is 24.2 Å². The van der Waals surface area contributed by atoms with Crippen LogP contribution in [0.25, 0.3) is 0 Å². The van der Waals surface area contributed by atoms with Gasteiger partial charge in [-0.2, -0.15) is 0 Å². The molecule has 1 amide bonds. The average molecular weight is 253 g/mol. The molecule has 0 aromatic carbocycles. The number of likely N-dealkylation sites (N-methyl/N-ethyl adjacent to an activating group) is 1. The molecule has 1 aliphatic rings. The lowest BCUT2D eigenvalue weighted by Gasteiger charge is -2.34. The van der Waals surface area contributed by atoms with Crippen molar-refractivity contribution in [2.24, 2.45) is 5.92 Å². The van der Waals surface area contributed by atoms with Gasteiger partial charge >= 0.3 is 5.97 Å². The van der Waals surface area contributed by atoms with Gasteiger partial charge in [0.05, 0.1) is 0 Å². The van der Waals surface area contributed by atoms with Crippen molar-refractivity contribution in [3.05, 3.63) is 11.1 Å². The number of carbonyl (C=O) groups is 2. The van der Waals surface area contributed by atoms with Crippen LogP contribution >= 0.6 is 0 Å². The molecule has 2 unspecified atom stereocenters. The first-order valence-corrected chi connectivity index (χ1v) is 6.52. The lowest BCUT2D eigenvalue weighted by molar-refractivity contribution is -0.134. The lowest BCUT2D eigenvalue weighted by atomic mass is 9.86. The minimum absolute atomic E-state index is 0.135. The number of rotatable bonds is 3. The normalized spacial score (nSPS) is 25.3. The molecule has 0 radical (unpaired) electrons. The molecular formula is C14H23NO3. The van der Waals surface area contributed by atoms with E-state index in [4.69, 9.17) is 5.11 Å². The van der Waals surface area contributed by atoms with Crippen molar-refractivity contribution in [3.8, 4) is 0 Å². The van der Waals surface area contributed by atoms with Crippen molar-refractivity contribution >= 4 is 11.9 Å². The van der Waals surface area contributed by atoms with E-state index < -0.39 is 5.97 Å². The van der Waals surface area contributed by atoms with E-state index in [1.165, 1.54) is 13.3 Å². The Morgan fingerprint density at radius 3 is 2.28 bits per heavy atom. The van der Waals surface area contributed by atoms with Crippen LogP contribution in [0.5, 0.6) is 0 Å². The highest BCUT2D eigenvalue weighted by Gasteiger charge is 2.27. The largest absolute Gasteiger partial charge is 0.478 e. The fourth-order valence-electron chi connectivity index (χ4n) is 2.51. The fourth-order valence-corrected chi connectivity index (χ4v) is 2.51. The van der Waals surface area contributed by atoms with Gasteiger partial charge < -0.3 is 10.0 Å². The molecule has 0 bridgehead atoms. The third-order valence-corrected chi connectivity index (χ3v) is 3.98. The van der Waals surface area contributed by atoms with Crippen LogP contribution in [0.1, 0.15) is 46.5 Å². The van der Waals surface area contributed by atoms with Gasteiger partial charge in [-0.3, -0.25) is 4.79 Å². The average Bonchev–Trinajstić information content (AvgIpc) is 2.35. The second kappa shape index (κ2) is 6.03. The standard InChI is InChI=1S/C14H23NO3/c1-9-6-5-7-12(8-9)15(4)13(16)10(2)11(3)14(17)18/h9,12H,5-8H2,1-4H3,(H,17,18). The number of hydrogen-bond donors (Lipinski definition) is 1. The van der Waals surface area contributed by atoms with Crippen molar-refractivity contribution in [1.29, 1.82) is 0 Å². The van der Waals surface area contributed by atoms with E-state index in [-0.39, 0.29) is 17.5 Å². The maximum atomic E-state index is 12.2. The molecule has 0 spiro atoms. The molecule has 0 saturated heterocycles. The van der Waals surface area contributed by atoms with Crippen LogP contribution in [-0.4, -0.2) is 35.0 Å². The number of nitrogens with zero attached hydrogens (tertiary/aromatic N) is 1. The molecule has 1 fully saturated rings. The van der Waals surface area contributed by atoms with E-state index in [9.17, 15) is 9.59 Å². The Bertz CT molecular complexity index is 373. The summed E-state index contributed by atoms with van der Waals surface area (Å²) in [5.74, 6) is -0.538. The molecule has 4 heteroatoms. The number of carbonyl (C=O) groups excluding carboxylic acids is 1. The predicted octanol–water partition coefficient (Wildman–Crippen LogP) is 2.44. The molecular weight excluding hydrogens is 230 g/mol. The first-order valence-electron chi connectivity index (χ1n) is 6.52. The second-order valence-corrected chi connectivity index (χ2v) is 5.40. The van der Waals surface area contributed by atoms with Gasteiger partial charge in [0.15, 0.2) is 0 Å². The highest BCUT2D eigenvalue weighted by molar-refractivity contribution is 6.01. The number of aliphatic carboxylic acids is 1. The van der Waals surface area contributed by atoms with Gasteiger partial charge in [-0.25, -0.2) is 4.79 Å². The van der Waals surface area contributed by atoms with Gasteiger partial charge in [0.2, 0.25) is 5.91 Å². The van der Waals surface area contributed by atoms with E-state index in [1.54, 1.807) is 18.9 Å². The van der Waals surface area contributed by atoms with E-state index in [0.29, 0.717) is 11.5 Å². The van der Waals surface area contributed by atoms with Crippen molar-refractivity contribution in [2.45, 2.75) is 52.5 Å². The summed E-state index contributed by atoms with van der Waals surface area (Å²) >= 11 is 0. The first kappa shape index (κ1) is 14.7. The first-order chi connectivity index (χ1) is 8.34. The molecule has 2 atom stereocenters. The Morgan fingerprint density at radius 1 is 1.17 bits per heavy atom. The summed E-state index contributed by atoms with van der Waals surface area (Å²) in [5, 5.41) is 8.91. The molecule has 1 saturated carbocycles. The quantitative estimate of drug-likeness (QED) is 0.786. The molecule has 102 valence electrons. The minimum Gasteiger partial charge on any atom is -0.478 e. The zero-order chi connectivity index (χ0) is 13.9. The molecule has 1 N–H and O–H groups in total. The molecule has 0 heterocycles. The van der Waals surface area contributed by atoms with E-state index in [0.717, 1.165) is 19.3 Å². The highest BCUT2D eigenvalue weighted by Crippen LogP contribution is 2.27. The van der Waals surface area contributed by atoms with E-state index in [2.05, 4.69) is 6.92 Å². The Kier molecular flexibility index (Phi) is 4.93. The summed E-state index contributed by atoms with van der Waals surface area (Å²) < 4.78 is 0. The second-order valence-electron chi connectivity index (χ2n) is 5.40. The molecule has 0 aromatic rings. The van der Waals surface area contributed by atoms with E-state index in [1.807, 2.05) is 0 Å². The molecule has 4 nitrogen and oxygen atoms in total. The Morgan fingerprint density at radius 2 is 1.78 bits per heavy atom. The van der Waals surface area contributed by atoms with Crippen LogP contribution in [-0.2, 0) is 9.59 Å². The van der Waals surface area contributed by atoms with Gasteiger partial charge in [-0.15, -0.1) is 0 Å². The minimum atomic E-state index is -1.02. The van der Waals surface area contributed by atoms with Crippen molar-refractivity contribution < 1.29 is 14.7 Å². The van der Waals surface area contributed by atoms with Gasteiger partial charge in [-0.1, -0.05) is 19.8 Å². The van der Waals surface area contributed by atoms with Crippen molar-refractivity contribution in [3.63, 3.8) is 0 Å². The van der Waals surface area contributed by atoms with Gasteiger partial charge in [0.1, 0.15) is 0 Å². The summed E-state index contributed by atoms with van der Waals surface area (Å²) in [4.78, 5) is 24.8. The van der Waals surface area contributed by atoms with Crippen LogP contribution in [0, 0.1) is 5.92 Å². The smallest absolute Gasteiger partial charge is 0.331 e. The zero-order valence-electron chi connectivity index (χ0n) is 11.7. The third kappa shape index (κ3) is 3.34. The molecule has 1 aliphatic carbocycles. The number of amides is 1. The summed E-state index contributed by atoms with van der Waals surface area (Å²) in [7, 11) is 1.78. The van der Waals surface area contributed by atoms with Crippen LogP contribution in [0.15, 0.2) is 11.1 Å². The summed E-state index contributed by atoms with van der Waals surface area (Å²) in [6.45, 7) is 5.27. The monoisotopic (exact) mass is 253 g/mol. The van der Waals surface area contributed by atoms with Gasteiger partial charge in [-0.05, 0) is 32.6 Å².